The van der Waals surface area contributed by atoms with Gasteiger partial charge in [-0.2, -0.15) is 5.10 Å². The zero-order valence-electron chi connectivity index (χ0n) is 23.7. The van der Waals surface area contributed by atoms with Crippen LogP contribution >= 0.6 is 7.75 Å². The molecule has 0 atom stereocenters. The van der Waals surface area contributed by atoms with Gasteiger partial charge >= 0.3 is 7.75 Å². The van der Waals surface area contributed by atoms with Crippen LogP contribution in [0.2, 0.25) is 0 Å². The molecule has 208 valence electrons. The monoisotopic (exact) mass is 535 g/mol. The van der Waals surface area contributed by atoms with E-state index in [4.69, 9.17) is 9.05 Å². The number of nitro benzene ring substituents is 1. The molecule has 2 saturated carbocycles. The molecule has 1 aromatic carbocycles. The van der Waals surface area contributed by atoms with Crippen LogP contribution < -0.4 is 5.20 Å². The van der Waals surface area contributed by atoms with Gasteiger partial charge in [-0.3, -0.25) is 19.2 Å². The van der Waals surface area contributed by atoms with Crippen molar-refractivity contribution >= 4 is 19.1 Å². The van der Waals surface area contributed by atoms with Crippen molar-refractivity contribution < 1.29 is 18.5 Å². The Balaban J connectivity index is 1.71. The number of nitrogens with one attached hydrogen (secondary N) is 1. The highest BCUT2D eigenvalue weighted by atomic mass is 31.2. The van der Waals surface area contributed by atoms with Gasteiger partial charge in [-0.25, -0.2) is 9.76 Å². The van der Waals surface area contributed by atoms with Gasteiger partial charge in [0.15, 0.2) is 0 Å². The number of nitro groups is 1. The summed E-state index contributed by atoms with van der Waals surface area (Å²) in [6.45, 7) is 15.4. The van der Waals surface area contributed by atoms with Crippen molar-refractivity contribution in [1.82, 2.24) is 5.20 Å². The Morgan fingerprint density at radius 2 is 1.27 bits per heavy atom. The van der Waals surface area contributed by atoms with E-state index in [-0.39, 0.29) is 28.7 Å². The first-order chi connectivity index (χ1) is 17.2. The Bertz CT molecular complexity index is 941. The van der Waals surface area contributed by atoms with E-state index in [0.717, 1.165) is 51.4 Å². The fourth-order valence-corrected chi connectivity index (χ4v) is 7.18. The Kier molecular flexibility index (Phi) is 9.63. The van der Waals surface area contributed by atoms with E-state index < -0.39 is 12.7 Å². The first-order valence-electron chi connectivity index (χ1n) is 13.7. The lowest BCUT2D eigenvalue weighted by atomic mass is 9.72. The summed E-state index contributed by atoms with van der Waals surface area (Å²) in [5.74, 6) is 1.24. The number of benzene rings is 1. The topological polar surface area (TPSA) is 103 Å². The zero-order chi connectivity index (χ0) is 27.4. The molecular weight excluding hydrogens is 489 g/mol. The standard InChI is InChI=1S/C28H46N3O5P/c1-20(21-8-14-24(15-9-21)31(32)33)29-30-37(34,35-25-16-10-22(11-17-25)27(2,3)4)36-26-18-12-23(13-19-26)28(5,6)7/h8-9,14-15,22-23,25-26H,10-13,16-19H2,1-7H3,(H,30,34)/b29-20-. The molecule has 2 aliphatic carbocycles. The van der Waals surface area contributed by atoms with Crippen LogP contribution in [0.25, 0.3) is 0 Å². The first-order valence-corrected chi connectivity index (χ1v) is 15.2. The van der Waals surface area contributed by atoms with E-state index in [0.29, 0.717) is 23.1 Å². The summed E-state index contributed by atoms with van der Waals surface area (Å²) in [4.78, 5) is 10.5. The first kappa shape index (κ1) is 29.8. The van der Waals surface area contributed by atoms with E-state index in [1.54, 1.807) is 19.1 Å². The molecule has 0 unspecified atom stereocenters. The van der Waals surface area contributed by atoms with Crippen LogP contribution in [-0.2, 0) is 13.6 Å². The second kappa shape index (κ2) is 12.0. The van der Waals surface area contributed by atoms with Gasteiger partial charge in [0.25, 0.3) is 5.69 Å². The minimum Gasteiger partial charge on any atom is -0.288 e. The van der Waals surface area contributed by atoms with Gasteiger partial charge < -0.3 is 0 Å². The Morgan fingerprint density at radius 3 is 1.62 bits per heavy atom. The third-order valence-corrected chi connectivity index (χ3v) is 9.71. The second-order valence-electron chi connectivity index (χ2n) is 13.0. The molecular formula is C28H46N3O5P. The van der Waals surface area contributed by atoms with Gasteiger partial charge in [-0.05, 0) is 98.7 Å². The average molecular weight is 536 g/mol. The lowest BCUT2D eigenvalue weighted by molar-refractivity contribution is -0.384. The highest BCUT2D eigenvalue weighted by molar-refractivity contribution is 7.51. The quantitative estimate of drug-likeness (QED) is 0.156. The number of non-ortho nitro benzene ring substituents is 1. The Morgan fingerprint density at radius 1 is 0.865 bits per heavy atom. The van der Waals surface area contributed by atoms with Gasteiger partial charge in [-0.15, -0.1) is 0 Å². The predicted molar refractivity (Wildman–Crippen MR) is 149 cm³/mol. The summed E-state index contributed by atoms with van der Waals surface area (Å²) in [6.07, 6.45) is 7.25. The van der Waals surface area contributed by atoms with E-state index in [1.165, 1.54) is 12.1 Å². The number of hydrogen-bond donors (Lipinski definition) is 1. The maximum Gasteiger partial charge on any atom is 0.448 e. The predicted octanol–water partition coefficient (Wildman–Crippen LogP) is 8.26. The summed E-state index contributed by atoms with van der Waals surface area (Å²) < 4.78 is 26.4. The van der Waals surface area contributed by atoms with Crippen LogP contribution in [0.3, 0.4) is 0 Å². The summed E-state index contributed by atoms with van der Waals surface area (Å²) in [5.41, 5.74) is 1.76. The van der Waals surface area contributed by atoms with Crippen molar-refractivity contribution in [2.24, 2.45) is 27.8 Å². The normalized spacial score (nSPS) is 27.4. The lowest BCUT2D eigenvalue weighted by Gasteiger charge is -2.39. The number of hydrazone groups is 1. The van der Waals surface area contributed by atoms with Gasteiger partial charge in [0.05, 0.1) is 22.8 Å². The molecule has 2 aliphatic rings. The minimum atomic E-state index is -3.72. The van der Waals surface area contributed by atoms with E-state index >= 15 is 0 Å². The maximum atomic E-state index is 14.0. The highest BCUT2D eigenvalue weighted by Crippen LogP contribution is 2.52. The van der Waals surface area contributed by atoms with E-state index in [1.807, 2.05) is 0 Å². The molecule has 0 spiro atoms. The molecule has 0 aliphatic heterocycles. The van der Waals surface area contributed by atoms with Crippen LogP contribution in [0.5, 0.6) is 0 Å². The van der Waals surface area contributed by atoms with Crippen LogP contribution in [0.4, 0.5) is 5.69 Å². The minimum absolute atomic E-state index is 0.0126. The van der Waals surface area contributed by atoms with Gasteiger partial charge in [0, 0.05) is 12.1 Å². The van der Waals surface area contributed by atoms with E-state index in [9.17, 15) is 14.7 Å². The molecule has 3 rings (SSSR count). The number of hydrogen-bond acceptors (Lipinski definition) is 6. The van der Waals surface area contributed by atoms with Crippen molar-refractivity contribution in [3.05, 3.63) is 39.9 Å². The molecule has 0 amide bonds. The van der Waals surface area contributed by atoms with Crippen LogP contribution in [-0.4, -0.2) is 22.8 Å². The van der Waals surface area contributed by atoms with Crippen molar-refractivity contribution in [3.63, 3.8) is 0 Å². The summed E-state index contributed by atoms with van der Waals surface area (Å²) in [5, 5.41) is 18.1. The van der Waals surface area contributed by atoms with E-state index in [2.05, 4.69) is 51.8 Å². The van der Waals surface area contributed by atoms with Gasteiger partial charge in [0.2, 0.25) is 0 Å². The molecule has 1 N–H and O–H groups in total. The van der Waals surface area contributed by atoms with Crippen molar-refractivity contribution in [2.45, 2.75) is 112 Å². The second-order valence-corrected chi connectivity index (χ2v) is 14.6. The lowest BCUT2D eigenvalue weighted by Crippen LogP contribution is -2.32. The van der Waals surface area contributed by atoms with Gasteiger partial charge in [-0.1, -0.05) is 41.5 Å². The molecule has 0 aromatic heterocycles. The molecule has 2 fully saturated rings. The Labute approximate surface area is 222 Å². The van der Waals surface area contributed by atoms with Crippen LogP contribution in [0.1, 0.15) is 105 Å². The molecule has 0 radical (unpaired) electrons. The summed E-state index contributed by atoms with van der Waals surface area (Å²) in [7, 11) is -3.72. The average Bonchev–Trinajstić information content (AvgIpc) is 2.82. The fourth-order valence-electron chi connectivity index (χ4n) is 5.56. The SMILES string of the molecule is C/C(=N/NP(=O)(OC1CCC(C(C)(C)C)CC1)OC1CCC(C(C)(C)C)CC1)c1ccc([N+](=O)[O-])cc1. The molecule has 37 heavy (non-hydrogen) atoms. The molecule has 0 heterocycles. The fraction of sp³-hybridized carbons (Fsp3) is 0.750. The summed E-state index contributed by atoms with van der Waals surface area (Å²) in [6, 6.07) is 6.13. The maximum absolute atomic E-state index is 14.0. The third kappa shape index (κ3) is 8.62. The molecule has 1 aromatic rings. The largest absolute Gasteiger partial charge is 0.448 e. The van der Waals surface area contributed by atoms with Crippen molar-refractivity contribution in [1.29, 1.82) is 0 Å². The number of rotatable bonds is 8. The van der Waals surface area contributed by atoms with Crippen molar-refractivity contribution in [2.75, 3.05) is 0 Å². The van der Waals surface area contributed by atoms with Crippen LogP contribution in [0.15, 0.2) is 29.4 Å². The zero-order valence-corrected chi connectivity index (χ0v) is 24.6. The van der Waals surface area contributed by atoms with Crippen LogP contribution in [0, 0.1) is 32.8 Å². The third-order valence-electron chi connectivity index (χ3n) is 8.21. The van der Waals surface area contributed by atoms with Crippen molar-refractivity contribution in [3.8, 4) is 0 Å². The molecule has 9 heteroatoms. The Hall–Kier alpha value is -1.76. The molecule has 0 saturated heterocycles. The summed E-state index contributed by atoms with van der Waals surface area (Å²) >= 11 is 0. The van der Waals surface area contributed by atoms with Gasteiger partial charge in [0.1, 0.15) is 0 Å². The molecule has 8 nitrogen and oxygen atoms in total. The smallest absolute Gasteiger partial charge is 0.288 e. The highest BCUT2D eigenvalue weighted by Gasteiger charge is 2.38. The number of nitrogens with zero attached hydrogens (tertiary/aromatic N) is 2. The molecule has 0 bridgehead atoms.